The normalized spacial score (nSPS) is 25.8. The average Bonchev–Trinajstić information content (AvgIpc) is 2.92. The first-order valence-corrected chi connectivity index (χ1v) is 6.06. The van der Waals surface area contributed by atoms with E-state index in [1.807, 2.05) is 7.05 Å². The van der Waals surface area contributed by atoms with Gasteiger partial charge in [0.2, 0.25) is 0 Å². The molecule has 1 N–H and O–H groups in total. The Labute approximate surface area is 92.9 Å². The van der Waals surface area contributed by atoms with E-state index in [0.717, 1.165) is 31.5 Å². The summed E-state index contributed by atoms with van der Waals surface area (Å²) in [5.74, 6) is 2.02. The predicted octanol–water partition coefficient (Wildman–Crippen LogP) is 1.70. The van der Waals surface area contributed by atoms with Crippen molar-refractivity contribution in [3.05, 3.63) is 0 Å². The highest BCUT2D eigenvalue weighted by Crippen LogP contribution is 2.30. The second-order valence-corrected chi connectivity index (χ2v) is 5.71. The highest BCUT2D eigenvalue weighted by Gasteiger charge is 2.31. The molecule has 0 aromatic carbocycles. The molecule has 2 rings (SSSR count). The third-order valence-electron chi connectivity index (χ3n) is 3.43. The fourth-order valence-corrected chi connectivity index (χ4v) is 2.18. The fourth-order valence-electron chi connectivity index (χ4n) is 2.18. The predicted molar refractivity (Wildman–Crippen MR) is 64.1 cm³/mol. The van der Waals surface area contributed by atoms with Crippen LogP contribution in [-0.4, -0.2) is 37.5 Å². The van der Waals surface area contributed by atoms with Gasteiger partial charge in [0.15, 0.2) is 5.96 Å². The van der Waals surface area contributed by atoms with Crippen LogP contribution in [0.5, 0.6) is 0 Å². The number of guanidine groups is 1. The van der Waals surface area contributed by atoms with Gasteiger partial charge in [-0.15, -0.1) is 0 Å². The van der Waals surface area contributed by atoms with Gasteiger partial charge in [-0.05, 0) is 30.6 Å². The fraction of sp³-hybridized carbons (Fsp3) is 0.917. The Bertz CT molecular complexity index is 254. The molecule has 0 aromatic heterocycles. The van der Waals surface area contributed by atoms with E-state index in [9.17, 15) is 0 Å². The maximum atomic E-state index is 4.37. The van der Waals surface area contributed by atoms with E-state index in [4.69, 9.17) is 0 Å². The van der Waals surface area contributed by atoms with E-state index >= 15 is 0 Å². The SMILES string of the molecule is CN=C(NCC1CC1)N1CCC(C)(C)C1. The minimum absolute atomic E-state index is 0.456. The number of nitrogens with zero attached hydrogens (tertiary/aromatic N) is 2. The highest BCUT2D eigenvalue weighted by atomic mass is 15.3. The van der Waals surface area contributed by atoms with Crippen molar-refractivity contribution in [3.8, 4) is 0 Å². The van der Waals surface area contributed by atoms with Crippen LogP contribution in [0.2, 0.25) is 0 Å². The van der Waals surface area contributed by atoms with E-state index in [2.05, 4.69) is 29.1 Å². The van der Waals surface area contributed by atoms with Crippen LogP contribution in [0.1, 0.15) is 33.1 Å². The van der Waals surface area contributed by atoms with Crippen LogP contribution in [0.3, 0.4) is 0 Å². The first-order chi connectivity index (χ1) is 7.11. The number of nitrogens with one attached hydrogen (secondary N) is 1. The van der Waals surface area contributed by atoms with Crippen molar-refractivity contribution in [1.82, 2.24) is 10.2 Å². The average molecular weight is 209 g/mol. The van der Waals surface area contributed by atoms with Crippen molar-refractivity contribution in [2.45, 2.75) is 33.1 Å². The van der Waals surface area contributed by atoms with Crippen LogP contribution >= 0.6 is 0 Å². The Morgan fingerprint density at radius 1 is 1.47 bits per heavy atom. The van der Waals surface area contributed by atoms with Crippen molar-refractivity contribution in [2.75, 3.05) is 26.7 Å². The molecule has 1 aliphatic heterocycles. The van der Waals surface area contributed by atoms with Crippen molar-refractivity contribution >= 4 is 5.96 Å². The molecule has 3 heteroatoms. The minimum Gasteiger partial charge on any atom is -0.356 e. The lowest BCUT2D eigenvalue weighted by Crippen LogP contribution is -2.41. The monoisotopic (exact) mass is 209 g/mol. The van der Waals surface area contributed by atoms with Gasteiger partial charge in [0.05, 0.1) is 0 Å². The summed E-state index contributed by atoms with van der Waals surface area (Å²) in [6.45, 7) is 8.07. The number of aliphatic imine (C=N–C) groups is 1. The van der Waals surface area contributed by atoms with E-state index in [-0.39, 0.29) is 0 Å². The van der Waals surface area contributed by atoms with Crippen LogP contribution in [0.25, 0.3) is 0 Å². The van der Waals surface area contributed by atoms with Crippen molar-refractivity contribution < 1.29 is 0 Å². The van der Waals surface area contributed by atoms with Gasteiger partial charge in [-0.1, -0.05) is 13.8 Å². The molecule has 1 saturated heterocycles. The number of likely N-dealkylation sites (tertiary alicyclic amines) is 1. The lowest BCUT2D eigenvalue weighted by molar-refractivity contribution is 0.370. The van der Waals surface area contributed by atoms with Gasteiger partial charge in [-0.2, -0.15) is 0 Å². The van der Waals surface area contributed by atoms with Gasteiger partial charge in [-0.25, -0.2) is 0 Å². The van der Waals surface area contributed by atoms with Crippen molar-refractivity contribution in [3.63, 3.8) is 0 Å². The van der Waals surface area contributed by atoms with Crippen LogP contribution in [0.15, 0.2) is 4.99 Å². The zero-order chi connectivity index (χ0) is 10.9. The molecule has 2 aliphatic rings. The Hall–Kier alpha value is -0.730. The molecule has 0 spiro atoms. The first-order valence-electron chi connectivity index (χ1n) is 6.06. The minimum atomic E-state index is 0.456. The molecule has 0 radical (unpaired) electrons. The zero-order valence-corrected chi connectivity index (χ0v) is 10.2. The lowest BCUT2D eigenvalue weighted by Gasteiger charge is -2.23. The van der Waals surface area contributed by atoms with Crippen LogP contribution in [0.4, 0.5) is 0 Å². The highest BCUT2D eigenvalue weighted by molar-refractivity contribution is 5.80. The van der Waals surface area contributed by atoms with Gasteiger partial charge in [0.1, 0.15) is 0 Å². The molecule has 0 aromatic rings. The summed E-state index contributed by atoms with van der Waals surface area (Å²) in [5, 5.41) is 3.49. The van der Waals surface area contributed by atoms with E-state index in [0.29, 0.717) is 5.41 Å². The standard InChI is InChI=1S/C12H23N3/c1-12(2)6-7-15(9-12)11(13-3)14-8-10-4-5-10/h10H,4-9H2,1-3H3,(H,13,14). The summed E-state index contributed by atoms with van der Waals surface area (Å²) in [5.41, 5.74) is 0.456. The molecular formula is C12H23N3. The number of hydrogen-bond acceptors (Lipinski definition) is 1. The van der Waals surface area contributed by atoms with Crippen LogP contribution < -0.4 is 5.32 Å². The molecular weight excluding hydrogens is 186 g/mol. The van der Waals surface area contributed by atoms with E-state index in [1.165, 1.54) is 19.3 Å². The molecule has 2 fully saturated rings. The van der Waals surface area contributed by atoms with Gasteiger partial charge >= 0.3 is 0 Å². The lowest BCUT2D eigenvalue weighted by atomic mass is 9.93. The third-order valence-corrected chi connectivity index (χ3v) is 3.43. The quantitative estimate of drug-likeness (QED) is 0.554. The Balaban J connectivity index is 1.84. The smallest absolute Gasteiger partial charge is 0.193 e. The maximum Gasteiger partial charge on any atom is 0.193 e. The Morgan fingerprint density at radius 2 is 2.20 bits per heavy atom. The Morgan fingerprint density at radius 3 is 2.67 bits per heavy atom. The van der Waals surface area contributed by atoms with Gasteiger partial charge < -0.3 is 10.2 Å². The summed E-state index contributed by atoms with van der Waals surface area (Å²) < 4.78 is 0. The molecule has 15 heavy (non-hydrogen) atoms. The van der Waals surface area contributed by atoms with Gasteiger partial charge in [0.25, 0.3) is 0 Å². The second-order valence-electron chi connectivity index (χ2n) is 5.71. The molecule has 86 valence electrons. The summed E-state index contributed by atoms with van der Waals surface area (Å²) in [6, 6.07) is 0. The Kier molecular flexibility index (Phi) is 2.89. The van der Waals surface area contributed by atoms with Gasteiger partial charge in [0, 0.05) is 26.7 Å². The zero-order valence-electron chi connectivity index (χ0n) is 10.2. The molecule has 0 bridgehead atoms. The van der Waals surface area contributed by atoms with Crippen LogP contribution in [-0.2, 0) is 0 Å². The molecule has 1 heterocycles. The topological polar surface area (TPSA) is 27.6 Å². The molecule has 0 amide bonds. The third kappa shape index (κ3) is 2.86. The van der Waals surface area contributed by atoms with Crippen LogP contribution in [0, 0.1) is 11.3 Å². The largest absolute Gasteiger partial charge is 0.356 e. The van der Waals surface area contributed by atoms with Gasteiger partial charge in [-0.3, -0.25) is 4.99 Å². The molecule has 0 atom stereocenters. The van der Waals surface area contributed by atoms with E-state index in [1.54, 1.807) is 0 Å². The first kappa shape index (κ1) is 10.8. The summed E-state index contributed by atoms with van der Waals surface area (Å²) in [7, 11) is 1.89. The number of hydrogen-bond donors (Lipinski definition) is 1. The molecule has 1 aliphatic carbocycles. The van der Waals surface area contributed by atoms with Crippen molar-refractivity contribution in [1.29, 1.82) is 0 Å². The van der Waals surface area contributed by atoms with E-state index < -0.39 is 0 Å². The summed E-state index contributed by atoms with van der Waals surface area (Å²) in [4.78, 5) is 6.76. The second kappa shape index (κ2) is 4.03. The molecule has 0 unspecified atom stereocenters. The van der Waals surface area contributed by atoms with Crippen molar-refractivity contribution in [2.24, 2.45) is 16.3 Å². The summed E-state index contributed by atoms with van der Waals surface area (Å²) >= 11 is 0. The maximum absolute atomic E-state index is 4.37. The molecule has 3 nitrogen and oxygen atoms in total. The number of rotatable bonds is 2. The summed E-state index contributed by atoms with van der Waals surface area (Å²) in [6.07, 6.45) is 4.07. The molecule has 1 saturated carbocycles.